The van der Waals surface area contributed by atoms with E-state index in [0.29, 0.717) is 5.88 Å². The van der Waals surface area contributed by atoms with Crippen LogP contribution in [0.4, 0.5) is 4.79 Å². The molecule has 0 rings (SSSR count). The lowest BCUT2D eigenvalue weighted by molar-refractivity contribution is 0.196. The van der Waals surface area contributed by atoms with Gasteiger partial charge < -0.3 is 10.4 Å². The molecule has 0 bridgehead atoms. The van der Waals surface area contributed by atoms with Crippen molar-refractivity contribution in [1.29, 1.82) is 0 Å². The van der Waals surface area contributed by atoms with Crippen molar-refractivity contribution in [3.05, 3.63) is 0 Å². The molecule has 1 unspecified atom stereocenters. The lowest BCUT2D eigenvalue weighted by Crippen LogP contribution is -2.20. The molecule has 0 spiro atoms. The first kappa shape index (κ1) is 9.10. The number of nitrogens with one attached hydrogen (secondary N) is 2. The van der Waals surface area contributed by atoms with Crippen molar-refractivity contribution in [2.75, 3.05) is 5.88 Å². The molecule has 0 aliphatic rings. The first-order chi connectivity index (χ1) is 4.27. The van der Waals surface area contributed by atoms with Crippen LogP contribution in [0.5, 0.6) is 0 Å². The van der Waals surface area contributed by atoms with Gasteiger partial charge in [-0.1, -0.05) is 4.49 Å². The van der Waals surface area contributed by atoms with E-state index in [0.717, 1.165) is 0 Å². The van der Waals surface area contributed by atoms with Gasteiger partial charge in [0.2, 0.25) is 0 Å². The van der Waals surface area contributed by atoms with Gasteiger partial charge in [0.05, 0.1) is 5.88 Å². The van der Waals surface area contributed by atoms with Crippen LogP contribution < -0.4 is 9.81 Å². The summed E-state index contributed by atoms with van der Waals surface area (Å²) in [6, 6.07) is 0. The monoisotopic (exact) mass is 185 g/mol. The zero-order chi connectivity index (χ0) is 7.11. The van der Waals surface area contributed by atoms with Crippen LogP contribution in [0.15, 0.2) is 0 Å². The van der Waals surface area contributed by atoms with E-state index in [1.54, 1.807) is 0 Å². The van der Waals surface area contributed by atoms with Gasteiger partial charge in [-0.05, 0) is 11.9 Å². The van der Waals surface area contributed by atoms with Gasteiger partial charge in [0.25, 0.3) is 7.51 Å². The van der Waals surface area contributed by atoms with Gasteiger partial charge >= 0.3 is 6.09 Å². The maximum atomic E-state index is 9.79. The highest BCUT2D eigenvalue weighted by molar-refractivity contribution is 8.07. The molecule has 0 aromatic rings. The summed E-state index contributed by atoms with van der Waals surface area (Å²) in [7, 11) is 0.225. The summed E-state index contributed by atoms with van der Waals surface area (Å²) in [5, 5.41) is 10.2. The number of hydrogen-bond donors (Lipinski definition) is 3. The molecule has 9 heavy (non-hydrogen) atoms. The van der Waals surface area contributed by atoms with E-state index < -0.39 is 6.09 Å². The largest absolute Gasteiger partial charge is 0.465 e. The topological polar surface area (TPSA) is 61.4 Å². The first-order valence-electron chi connectivity index (χ1n) is 1.98. The Morgan fingerprint density at radius 2 is 2.56 bits per heavy atom. The molecule has 0 aromatic carbocycles. The second-order valence-electron chi connectivity index (χ2n) is 0.975. The summed E-state index contributed by atoms with van der Waals surface area (Å²) in [5.74, 6) is 0.332. The lowest BCUT2D eigenvalue weighted by Gasteiger charge is -1.92. The fraction of sp³-hybridized carbons (Fsp3) is 0.500. The normalized spacial score (nSPS) is 9.33. The Labute approximate surface area is 63.4 Å². The molecule has 1 atom stereocenters. The van der Waals surface area contributed by atoms with Gasteiger partial charge in [0.1, 0.15) is 0 Å². The molecule has 1 amide bonds. The third-order valence-corrected chi connectivity index (χ3v) is 2.36. The second-order valence-corrected chi connectivity index (χ2v) is 3.19. The molecule has 0 aliphatic heterocycles. The first-order valence-corrected chi connectivity index (χ1v) is 5.10. The maximum absolute atomic E-state index is 9.79. The van der Waals surface area contributed by atoms with Crippen LogP contribution in [0.1, 0.15) is 0 Å². The molecule has 0 radical (unpaired) electrons. The molecule has 4 nitrogen and oxygen atoms in total. The smallest absolute Gasteiger partial charge is 0.405 e. The van der Waals surface area contributed by atoms with Gasteiger partial charge in [0, 0.05) is 0 Å². The molecule has 0 aromatic heterocycles. The van der Waals surface area contributed by atoms with Crippen LogP contribution >= 0.6 is 19.5 Å². The summed E-state index contributed by atoms with van der Waals surface area (Å²) < 4.78 is 2.74. The average Bonchev–Trinajstić information content (AvgIpc) is 1.80. The Morgan fingerprint density at radius 1 is 1.89 bits per heavy atom. The van der Waals surface area contributed by atoms with Crippen molar-refractivity contribution in [2.24, 2.45) is 0 Å². The Balaban J connectivity index is 2.91. The van der Waals surface area contributed by atoms with E-state index in [9.17, 15) is 4.79 Å². The van der Waals surface area contributed by atoms with E-state index in [1.165, 1.54) is 11.9 Å². The quantitative estimate of drug-likeness (QED) is 0.258. The molecule has 7 heteroatoms. The SMILES string of the molecule is O=C(O)NCSN[PH+]=S. The second kappa shape index (κ2) is 6.22. The Hall–Kier alpha value is 0.100. The van der Waals surface area contributed by atoms with E-state index in [1.807, 2.05) is 0 Å². The molecular weight excluding hydrogens is 179 g/mol. The van der Waals surface area contributed by atoms with Gasteiger partial charge in [-0.2, -0.15) is 0 Å². The molecule has 0 heterocycles. The molecule has 0 aliphatic carbocycles. The highest BCUT2D eigenvalue weighted by atomic mass is 32.4. The van der Waals surface area contributed by atoms with Crippen molar-refractivity contribution in [3.63, 3.8) is 0 Å². The zero-order valence-electron chi connectivity index (χ0n) is 4.38. The standard InChI is InChI=1S/C2H5N2O2PS2/c5-2(6)3-1-9-4-7-8/h3H,1H2,(H,4,8)(H,5,6)/p+1. The Kier molecular flexibility index (Phi) is 6.29. The fourth-order valence-corrected chi connectivity index (χ4v) is 1.41. The number of carbonyl (C=O) groups is 1. The number of hydrogen-bond acceptors (Lipinski definition) is 3. The Morgan fingerprint density at radius 3 is 3.00 bits per heavy atom. The van der Waals surface area contributed by atoms with Crippen molar-refractivity contribution in [3.8, 4) is 0 Å². The highest BCUT2D eigenvalue weighted by Gasteiger charge is 1.92. The number of amides is 1. The van der Waals surface area contributed by atoms with Crippen LogP contribution in [0.25, 0.3) is 0 Å². The summed E-state index contributed by atoms with van der Waals surface area (Å²) >= 11 is 5.80. The minimum atomic E-state index is -1.02. The van der Waals surface area contributed by atoms with Crippen molar-refractivity contribution in [1.82, 2.24) is 9.81 Å². The zero-order valence-corrected chi connectivity index (χ0v) is 7.01. The molecule has 0 saturated heterocycles. The van der Waals surface area contributed by atoms with Crippen molar-refractivity contribution >= 4 is 37.4 Å². The van der Waals surface area contributed by atoms with E-state index in [2.05, 4.69) is 21.6 Å². The van der Waals surface area contributed by atoms with E-state index in [-0.39, 0.29) is 7.51 Å². The molecule has 52 valence electrons. The summed E-state index contributed by atoms with van der Waals surface area (Å²) in [5.41, 5.74) is 0. The van der Waals surface area contributed by atoms with Crippen LogP contribution in [-0.4, -0.2) is 17.1 Å². The Bertz CT molecular complexity index is 111. The fourth-order valence-electron chi connectivity index (χ4n) is 0.163. The van der Waals surface area contributed by atoms with Gasteiger partial charge in [0.15, 0.2) is 11.8 Å². The molecular formula is C2H6N2O2PS2+. The third kappa shape index (κ3) is 8.10. The molecule has 3 N–H and O–H groups in total. The van der Waals surface area contributed by atoms with Crippen LogP contribution in [0, 0.1) is 0 Å². The third-order valence-electron chi connectivity index (χ3n) is 0.409. The molecule has 0 fully saturated rings. The highest BCUT2D eigenvalue weighted by Crippen LogP contribution is 1.95. The van der Waals surface area contributed by atoms with Gasteiger partial charge in [-0.15, -0.1) is 0 Å². The lowest BCUT2D eigenvalue weighted by atomic mass is 11.1. The van der Waals surface area contributed by atoms with Crippen molar-refractivity contribution < 1.29 is 9.90 Å². The predicted octanol–water partition coefficient (Wildman–Crippen LogP) is 0.505. The van der Waals surface area contributed by atoms with Gasteiger partial charge in [-0.3, -0.25) is 0 Å². The van der Waals surface area contributed by atoms with E-state index in [4.69, 9.17) is 5.11 Å². The summed E-state index contributed by atoms with van der Waals surface area (Å²) in [6.45, 7) is 0. The predicted molar refractivity (Wildman–Crippen MR) is 42.4 cm³/mol. The van der Waals surface area contributed by atoms with Crippen LogP contribution in [0.3, 0.4) is 0 Å². The average molecular weight is 185 g/mol. The minimum absolute atomic E-state index is 0.225. The summed E-state index contributed by atoms with van der Waals surface area (Å²) in [6.07, 6.45) is -1.02. The number of carboxylic acid groups (broad SMARTS) is 1. The van der Waals surface area contributed by atoms with Crippen LogP contribution in [0.2, 0.25) is 0 Å². The minimum Gasteiger partial charge on any atom is -0.465 e. The van der Waals surface area contributed by atoms with Gasteiger partial charge in [-0.25, -0.2) is 4.79 Å². The number of rotatable bonds is 4. The van der Waals surface area contributed by atoms with Crippen molar-refractivity contribution in [2.45, 2.75) is 0 Å². The molecule has 0 saturated carbocycles. The summed E-state index contributed by atoms with van der Waals surface area (Å²) in [4.78, 5) is 9.79. The maximum Gasteiger partial charge on any atom is 0.405 e. The van der Waals surface area contributed by atoms with Crippen LogP contribution in [-0.2, 0) is 11.8 Å². The van der Waals surface area contributed by atoms with E-state index >= 15 is 0 Å².